The van der Waals surface area contributed by atoms with E-state index in [2.05, 4.69) is 20.2 Å². The summed E-state index contributed by atoms with van der Waals surface area (Å²) in [4.78, 5) is 11.6. The van der Waals surface area contributed by atoms with Gasteiger partial charge in [-0.2, -0.15) is 0 Å². The number of rotatable bonds is 3. The number of hydrogen-bond acceptors (Lipinski definition) is 5. The van der Waals surface area contributed by atoms with Gasteiger partial charge in [0.2, 0.25) is 5.91 Å². The molecule has 0 aromatic carbocycles. The number of nitrogens with zero attached hydrogens (tertiary/aromatic N) is 2. The first-order valence-corrected chi connectivity index (χ1v) is 5.32. The summed E-state index contributed by atoms with van der Waals surface area (Å²) in [7, 11) is 1.92. The molecule has 1 fully saturated rings. The van der Waals surface area contributed by atoms with Gasteiger partial charge in [0, 0.05) is 23.5 Å². The van der Waals surface area contributed by atoms with Crippen LogP contribution < -0.4 is 10.6 Å². The molecule has 0 aliphatic heterocycles. The van der Waals surface area contributed by atoms with E-state index < -0.39 is 0 Å². The lowest BCUT2D eigenvalue weighted by Gasteiger charge is -2.33. The zero-order valence-electron chi connectivity index (χ0n) is 7.86. The van der Waals surface area contributed by atoms with Crippen LogP contribution in [-0.4, -0.2) is 28.6 Å². The first kappa shape index (κ1) is 9.54. The monoisotopic (exact) mass is 212 g/mol. The maximum absolute atomic E-state index is 11.6. The molecule has 0 unspecified atom stereocenters. The fourth-order valence-corrected chi connectivity index (χ4v) is 1.94. The lowest BCUT2D eigenvalue weighted by atomic mass is 9.80. The topological polar surface area (TPSA) is 66.9 Å². The van der Waals surface area contributed by atoms with Crippen LogP contribution in [0, 0.1) is 5.92 Å². The quantitative estimate of drug-likeness (QED) is 0.764. The first-order valence-electron chi connectivity index (χ1n) is 4.55. The van der Waals surface area contributed by atoms with Crippen molar-refractivity contribution in [2.45, 2.75) is 18.9 Å². The van der Waals surface area contributed by atoms with Crippen LogP contribution in [0.1, 0.15) is 12.8 Å². The van der Waals surface area contributed by atoms with E-state index >= 15 is 0 Å². The third-order valence-corrected chi connectivity index (χ3v) is 3.10. The number of carbonyl (C=O) groups excluding carboxylic acids is 1. The van der Waals surface area contributed by atoms with Crippen molar-refractivity contribution in [1.82, 2.24) is 14.9 Å². The number of carbonyl (C=O) groups is 1. The molecular weight excluding hydrogens is 200 g/mol. The lowest BCUT2D eigenvalue weighted by molar-refractivity contribution is -0.122. The normalized spacial score (nSPS) is 25.5. The van der Waals surface area contributed by atoms with Crippen molar-refractivity contribution in [3.05, 3.63) is 6.20 Å². The van der Waals surface area contributed by atoms with Crippen molar-refractivity contribution in [2.75, 3.05) is 12.4 Å². The second-order valence-electron chi connectivity index (χ2n) is 3.42. The van der Waals surface area contributed by atoms with Crippen molar-refractivity contribution in [2.24, 2.45) is 5.92 Å². The van der Waals surface area contributed by atoms with Crippen LogP contribution in [0.5, 0.6) is 0 Å². The smallest absolute Gasteiger partial charge is 0.228 e. The number of nitrogens with one attached hydrogen (secondary N) is 2. The van der Waals surface area contributed by atoms with Gasteiger partial charge < -0.3 is 10.6 Å². The molecule has 1 aliphatic carbocycles. The molecule has 1 aromatic heterocycles. The number of anilines is 1. The minimum Gasteiger partial charge on any atom is -0.317 e. The Bertz CT molecular complexity index is 307. The van der Waals surface area contributed by atoms with Crippen LogP contribution in [0.15, 0.2) is 6.20 Å². The van der Waals surface area contributed by atoms with Gasteiger partial charge in [-0.3, -0.25) is 4.79 Å². The SMILES string of the molecule is CNC1CC(C(=O)Nc2cnns2)C1. The molecule has 0 radical (unpaired) electrons. The summed E-state index contributed by atoms with van der Waals surface area (Å²) in [6, 6.07) is 0.505. The molecule has 1 aromatic rings. The Balaban J connectivity index is 1.80. The molecular formula is C8H12N4OS. The average Bonchev–Trinajstić information content (AvgIpc) is 2.54. The fourth-order valence-electron chi connectivity index (χ4n) is 1.51. The Morgan fingerprint density at radius 1 is 1.64 bits per heavy atom. The molecule has 0 atom stereocenters. The Hall–Kier alpha value is -1.01. The predicted molar refractivity (Wildman–Crippen MR) is 54.1 cm³/mol. The molecule has 14 heavy (non-hydrogen) atoms. The van der Waals surface area contributed by atoms with Crippen LogP contribution in [-0.2, 0) is 4.79 Å². The largest absolute Gasteiger partial charge is 0.317 e. The molecule has 1 heterocycles. The summed E-state index contributed by atoms with van der Waals surface area (Å²) < 4.78 is 3.67. The maximum Gasteiger partial charge on any atom is 0.228 e. The summed E-state index contributed by atoms with van der Waals surface area (Å²) in [6.07, 6.45) is 3.42. The van der Waals surface area contributed by atoms with Gasteiger partial charge in [-0.15, -0.1) is 5.10 Å². The molecule has 0 bridgehead atoms. The van der Waals surface area contributed by atoms with E-state index in [1.807, 2.05) is 7.05 Å². The van der Waals surface area contributed by atoms with Gasteiger partial charge in [0.25, 0.3) is 0 Å². The fraction of sp³-hybridized carbons (Fsp3) is 0.625. The summed E-state index contributed by atoms with van der Waals surface area (Å²) in [5, 5.41) is 10.3. The zero-order chi connectivity index (χ0) is 9.97. The van der Waals surface area contributed by atoms with Crippen molar-refractivity contribution in [3.63, 3.8) is 0 Å². The first-order chi connectivity index (χ1) is 6.79. The van der Waals surface area contributed by atoms with E-state index in [1.54, 1.807) is 6.20 Å². The summed E-state index contributed by atoms with van der Waals surface area (Å²) in [5.74, 6) is 0.233. The molecule has 2 N–H and O–H groups in total. The van der Waals surface area contributed by atoms with Crippen LogP contribution in [0.25, 0.3) is 0 Å². The van der Waals surface area contributed by atoms with E-state index in [0.29, 0.717) is 6.04 Å². The third-order valence-electron chi connectivity index (χ3n) is 2.52. The third kappa shape index (κ3) is 1.91. The van der Waals surface area contributed by atoms with Crippen molar-refractivity contribution in [3.8, 4) is 0 Å². The van der Waals surface area contributed by atoms with Crippen LogP contribution in [0.2, 0.25) is 0 Å². The minimum absolute atomic E-state index is 0.0857. The Labute approximate surface area is 86.1 Å². The molecule has 0 spiro atoms. The predicted octanol–water partition coefficient (Wildman–Crippen LogP) is 0.475. The Kier molecular flexibility index (Phi) is 2.74. The van der Waals surface area contributed by atoms with Gasteiger partial charge >= 0.3 is 0 Å². The standard InChI is InChI=1S/C8H12N4OS/c1-9-6-2-5(3-6)8(13)11-7-4-10-12-14-7/h4-6,9H,2-3H2,1H3,(H,11,13). The van der Waals surface area contributed by atoms with Crippen molar-refractivity contribution >= 4 is 22.4 Å². The molecule has 1 amide bonds. The molecule has 76 valence electrons. The van der Waals surface area contributed by atoms with E-state index in [0.717, 1.165) is 17.8 Å². The molecule has 2 rings (SSSR count). The summed E-state index contributed by atoms with van der Waals surface area (Å²) in [6.45, 7) is 0. The van der Waals surface area contributed by atoms with Gasteiger partial charge in [0.15, 0.2) is 0 Å². The summed E-state index contributed by atoms with van der Waals surface area (Å²) in [5.41, 5.74) is 0. The number of hydrogen-bond donors (Lipinski definition) is 2. The second-order valence-corrected chi connectivity index (χ2v) is 4.21. The van der Waals surface area contributed by atoms with E-state index in [9.17, 15) is 4.79 Å². The highest BCUT2D eigenvalue weighted by Crippen LogP contribution is 2.28. The lowest BCUT2D eigenvalue weighted by Crippen LogP contribution is -2.44. The Morgan fingerprint density at radius 2 is 2.43 bits per heavy atom. The summed E-state index contributed by atoms with van der Waals surface area (Å²) >= 11 is 1.20. The van der Waals surface area contributed by atoms with Crippen LogP contribution in [0.3, 0.4) is 0 Å². The van der Waals surface area contributed by atoms with Gasteiger partial charge in [-0.05, 0) is 19.9 Å². The molecule has 6 heteroatoms. The van der Waals surface area contributed by atoms with Crippen LogP contribution in [0.4, 0.5) is 5.00 Å². The van der Waals surface area contributed by atoms with Crippen molar-refractivity contribution in [1.29, 1.82) is 0 Å². The number of aromatic nitrogens is 2. The maximum atomic E-state index is 11.6. The minimum atomic E-state index is 0.0857. The van der Waals surface area contributed by atoms with Gasteiger partial charge in [-0.1, -0.05) is 4.49 Å². The van der Waals surface area contributed by atoms with E-state index in [-0.39, 0.29) is 11.8 Å². The number of amides is 1. The van der Waals surface area contributed by atoms with Gasteiger partial charge in [0.1, 0.15) is 5.00 Å². The molecule has 0 saturated heterocycles. The van der Waals surface area contributed by atoms with E-state index in [4.69, 9.17) is 0 Å². The highest BCUT2D eigenvalue weighted by molar-refractivity contribution is 7.10. The average molecular weight is 212 g/mol. The second kappa shape index (κ2) is 4.02. The van der Waals surface area contributed by atoms with Crippen molar-refractivity contribution < 1.29 is 4.79 Å². The molecule has 1 saturated carbocycles. The zero-order valence-corrected chi connectivity index (χ0v) is 8.67. The van der Waals surface area contributed by atoms with E-state index in [1.165, 1.54) is 11.5 Å². The highest BCUT2D eigenvalue weighted by atomic mass is 32.1. The van der Waals surface area contributed by atoms with Gasteiger partial charge in [-0.25, -0.2) is 0 Å². The Morgan fingerprint density at radius 3 is 3.00 bits per heavy atom. The van der Waals surface area contributed by atoms with Gasteiger partial charge in [0.05, 0.1) is 6.20 Å². The molecule has 5 nitrogen and oxygen atoms in total. The van der Waals surface area contributed by atoms with Crippen LogP contribution >= 0.6 is 11.5 Å². The molecule has 1 aliphatic rings. The highest BCUT2D eigenvalue weighted by Gasteiger charge is 2.33.